The number of alkyl halides is 3. The molecule has 0 bridgehead atoms. The van der Waals surface area contributed by atoms with Gasteiger partial charge in [0.1, 0.15) is 0 Å². The number of ether oxygens (including phenoxy) is 2. The van der Waals surface area contributed by atoms with Crippen LogP contribution in [0.15, 0.2) is 24.3 Å². The highest BCUT2D eigenvalue weighted by molar-refractivity contribution is 5.84. The lowest BCUT2D eigenvalue weighted by molar-refractivity contribution is -0.153. The SMILES string of the molecule is CC[C@@H](C(=O)N1CCC2(C1)OCCO2)c1cccc(C(F)(F)F)c1. The number of carbonyl (C=O) groups excluding carboxylic acids is 1. The van der Waals surface area contributed by atoms with Gasteiger partial charge < -0.3 is 14.4 Å². The molecule has 2 aliphatic rings. The minimum absolute atomic E-state index is 0.173. The molecule has 0 N–H and O–H groups in total. The van der Waals surface area contributed by atoms with Crippen LogP contribution in [-0.2, 0) is 20.4 Å². The van der Waals surface area contributed by atoms with Crippen molar-refractivity contribution in [3.63, 3.8) is 0 Å². The minimum atomic E-state index is -4.42. The van der Waals surface area contributed by atoms with Crippen molar-refractivity contribution in [3.8, 4) is 0 Å². The van der Waals surface area contributed by atoms with E-state index in [1.807, 2.05) is 0 Å². The number of benzene rings is 1. The van der Waals surface area contributed by atoms with Gasteiger partial charge >= 0.3 is 6.18 Å². The summed E-state index contributed by atoms with van der Waals surface area (Å²) in [6.07, 6.45) is -3.39. The Kier molecular flexibility index (Phi) is 4.57. The van der Waals surface area contributed by atoms with E-state index >= 15 is 0 Å². The standard InChI is InChI=1S/C17H20F3NO3/c1-2-14(12-4-3-5-13(10-12)17(18,19)20)15(22)21-7-6-16(11-21)23-8-9-24-16/h3-5,10,14H,2,6-9,11H2,1H3/t14-/m1/s1. The predicted octanol–water partition coefficient (Wildman–Crippen LogP) is 3.17. The zero-order chi connectivity index (χ0) is 17.4. The first-order valence-electron chi connectivity index (χ1n) is 8.08. The third-order valence-corrected chi connectivity index (χ3v) is 4.64. The van der Waals surface area contributed by atoms with Gasteiger partial charge in [-0.3, -0.25) is 4.79 Å². The van der Waals surface area contributed by atoms with Crippen LogP contribution in [0.25, 0.3) is 0 Å². The molecule has 0 aliphatic carbocycles. The van der Waals surface area contributed by atoms with Crippen LogP contribution in [-0.4, -0.2) is 42.9 Å². The summed E-state index contributed by atoms with van der Waals surface area (Å²) in [5, 5.41) is 0. The van der Waals surface area contributed by atoms with Gasteiger partial charge in [0.25, 0.3) is 0 Å². The molecule has 2 fully saturated rings. The molecular formula is C17H20F3NO3. The lowest BCUT2D eigenvalue weighted by Gasteiger charge is -2.25. The molecule has 2 aliphatic heterocycles. The summed E-state index contributed by atoms with van der Waals surface area (Å²) in [4.78, 5) is 14.5. The first-order valence-corrected chi connectivity index (χ1v) is 8.08. The van der Waals surface area contributed by atoms with Gasteiger partial charge in [-0.2, -0.15) is 13.2 Å². The van der Waals surface area contributed by atoms with E-state index in [2.05, 4.69) is 0 Å². The molecule has 0 unspecified atom stereocenters. The molecule has 4 nitrogen and oxygen atoms in total. The highest BCUT2D eigenvalue weighted by atomic mass is 19.4. The molecule has 2 saturated heterocycles. The molecule has 1 aromatic carbocycles. The van der Waals surface area contributed by atoms with E-state index in [0.717, 1.165) is 12.1 Å². The summed E-state index contributed by atoms with van der Waals surface area (Å²) in [5.41, 5.74) is -0.335. The average Bonchev–Trinajstić information content (AvgIpc) is 3.18. The fourth-order valence-electron chi connectivity index (χ4n) is 3.38. The van der Waals surface area contributed by atoms with Gasteiger partial charge in [-0.15, -0.1) is 0 Å². The molecule has 0 aromatic heterocycles. The highest BCUT2D eigenvalue weighted by Gasteiger charge is 2.45. The number of hydrogen-bond acceptors (Lipinski definition) is 3. The van der Waals surface area contributed by atoms with E-state index in [0.29, 0.717) is 44.7 Å². The maximum absolute atomic E-state index is 12.9. The maximum Gasteiger partial charge on any atom is 0.416 e. The van der Waals surface area contributed by atoms with Crippen molar-refractivity contribution in [3.05, 3.63) is 35.4 Å². The summed E-state index contributed by atoms with van der Waals surface area (Å²) in [5.74, 6) is -1.49. The number of likely N-dealkylation sites (tertiary alicyclic amines) is 1. The summed E-state index contributed by atoms with van der Waals surface area (Å²) >= 11 is 0. The number of carbonyl (C=O) groups is 1. The Labute approximate surface area is 138 Å². The van der Waals surface area contributed by atoms with Crippen molar-refractivity contribution < 1.29 is 27.4 Å². The Morgan fingerprint density at radius 2 is 2.04 bits per heavy atom. The number of halogens is 3. The second kappa shape index (κ2) is 6.37. The molecule has 7 heteroatoms. The minimum Gasteiger partial charge on any atom is -0.346 e. The fraction of sp³-hybridized carbons (Fsp3) is 0.588. The summed E-state index contributed by atoms with van der Waals surface area (Å²) < 4.78 is 49.9. The first-order chi connectivity index (χ1) is 11.3. The monoisotopic (exact) mass is 343 g/mol. The molecule has 1 spiro atoms. The molecular weight excluding hydrogens is 323 g/mol. The topological polar surface area (TPSA) is 38.8 Å². The zero-order valence-corrected chi connectivity index (χ0v) is 13.4. The van der Waals surface area contributed by atoms with Crippen molar-refractivity contribution in [2.75, 3.05) is 26.3 Å². The van der Waals surface area contributed by atoms with Gasteiger partial charge in [-0.25, -0.2) is 0 Å². The molecule has 1 aromatic rings. The third kappa shape index (κ3) is 3.28. The van der Waals surface area contributed by atoms with Crippen LogP contribution < -0.4 is 0 Å². The normalized spacial score (nSPS) is 21.4. The number of nitrogens with zero attached hydrogens (tertiary/aromatic N) is 1. The van der Waals surface area contributed by atoms with Gasteiger partial charge in [-0.05, 0) is 18.1 Å². The first kappa shape index (κ1) is 17.2. The molecule has 3 rings (SSSR count). The second-order valence-electron chi connectivity index (χ2n) is 6.20. The van der Waals surface area contributed by atoms with E-state index < -0.39 is 23.4 Å². The number of rotatable bonds is 3. The Morgan fingerprint density at radius 3 is 2.67 bits per heavy atom. The van der Waals surface area contributed by atoms with Crippen LogP contribution in [0, 0.1) is 0 Å². The van der Waals surface area contributed by atoms with Crippen LogP contribution >= 0.6 is 0 Å². The van der Waals surface area contributed by atoms with Crippen LogP contribution in [0.2, 0.25) is 0 Å². The van der Waals surface area contributed by atoms with E-state index in [1.165, 1.54) is 6.07 Å². The summed E-state index contributed by atoms with van der Waals surface area (Å²) in [6.45, 7) is 3.65. The molecule has 1 atom stereocenters. The zero-order valence-electron chi connectivity index (χ0n) is 13.4. The van der Waals surface area contributed by atoms with Crippen molar-refractivity contribution in [2.24, 2.45) is 0 Å². The molecule has 24 heavy (non-hydrogen) atoms. The molecule has 0 saturated carbocycles. The van der Waals surface area contributed by atoms with Crippen LogP contribution in [0.5, 0.6) is 0 Å². The maximum atomic E-state index is 12.9. The summed E-state index contributed by atoms with van der Waals surface area (Å²) in [6, 6.07) is 5.02. The van der Waals surface area contributed by atoms with Crippen molar-refractivity contribution in [1.29, 1.82) is 0 Å². The van der Waals surface area contributed by atoms with Crippen LogP contribution in [0.4, 0.5) is 13.2 Å². The molecule has 1 amide bonds. The van der Waals surface area contributed by atoms with E-state index in [1.54, 1.807) is 17.9 Å². The smallest absolute Gasteiger partial charge is 0.346 e. The van der Waals surface area contributed by atoms with Crippen molar-refractivity contribution in [1.82, 2.24) is 4.90 Å². The van der Waals surface area contributed by atoms with E-state index in [-0.39, 0.29) is 5.91 Å². The van der Waals surface area contributed by atoms with Gasteiger partial charge in [0.05, 0.1) is 31.2 Å². The fourth-order valence-corrected chi connectivity index (χ4v) is 3.38. The lowest BCUT2D eigenvalue weighted by Crippen LogP contribution is -2.39. The second-order valence-corrected chi connectivity index (χ2v) is 6.20. The summed E-state index contributed by atoms with van der Waals surface area (Å²) in [7, 11) is 0. The van der Waals surface area contributed by atoms with E-state index in [4.69, 9.17) is 9.47 Å². The Balaban J connectivity index is 1.78. The van der Waals surface area contributed by atoms with Gasteiger partial charge in [-0.1, -0.05) is 25.1 Å². The lowest BCUT2D eigenvalue weighted by atomic mass is 9.93. The molecule has 2 heterocycles. The predicted molar refractivity (Wildman–Crippen MR) is 80.3 cm³/mol. The largest absolute Gasteiger partial charge is 0.416 e. The van der Waals surface area contributed by atoms with Crippen molar-refractivity contribution in [2.45, 2.75) is 37.6 Å². The van der Waals surface area contributed by atoms with Gasteiger partial charge in [0.2, 0.25) is 5.91 Å². The quantitative estimate of drug-likeness (QED) is 0.846. The van der Waals surface area contributed by atoms with E-state index in [9.17, 15) is 18.0 Å². The van der Waals surface area contributed by atoms with Crippen LogP contribution in [0.1, 0.15) is 36.8 Å². The van der Waals surface area contributed by atoms with Gasteiger partial charge in [0, 0.05) is 13.0 Å². The number of amides is 1. The Bertz CT molecular complexity index is 611. The number of hydrogen-bond donors (Lipinski definition) is 0. The van der Waals surface area contributed by atoms with Crippen LogP contribution in [0.3, 0.4) is 0 Å². The molecule has 132 valence electrons. The van der Waals surface area contributed by atoms with Gasteiger partial charge in [0.15, 0.2) is 5.79 Å². The average molecular weight is 343 g/mol. The Morgan fingerprint density at radius 1 is 1.33 bits per heavy atom. The highest BCUT2D eigenvalue weighted by Crippen LogP contribution is 2.35. The van der Waals surface area contributed by atoms with Crippen molar-refractivity contribution >= 4 is 5.91 Å². The molecule has 0 radical (unpaired) electrons. The third-order valence-electron chi connectivity index (χ3n) is 4.64. The Hall–Kier alpha value is -1.60.